The van der Waals surface area contributed by atoms with Gasteiger partial charge in [-0.05, 0) is 47.5 Å². The van der Waals surface area contributed by atoms with Gasteiger partial charge in [-0.3, -0.25) is 4.79 Å². The Balaban J connectivity index is 1.79. The number of nitrogens with two attached hydrogens (primary N) is 1. The second kappa shape index (κ2) is 10.2. The van der Waals surface area contributed by atoms with Crippen LogP contribution in [0.15, 0.2) is 77.7 Å². The highest BCUT2D eigenvalue weighted by Gasteiger charge is 2.14. The van der Waals surface area contributed by atoms with Crippen LogP contribution in [0, 0.1) is 0 Å². The number of nitrogens with one attached hydrogen (secondary N) is 2. The third-order valence-electron chi connectivity index (χ3n) is 4.44. The van der Waals surface area contributed by atoms with Gasteiger partial charge in [0.05, 0.1) is 5.69 Å². The molecule has 0 aliphatic carbocycles. The van der Waals surface area contributed by atoms with Crippen LogP contribution in [0.1, 0.15) is 10.4 Å². The van der Waals surface area contributed by atoms with Crippen LogP contribution < -0.4 is 15.8 Å². The summed E-state index contributed by atoms with van der Waals surface area (Å²) in [5, 5.41) is 3.21. The molecular weight excluding hydrogens is 396 g/mol. The van der Waals surface area contributed by atoms with Crippen molar-refractivity contribution < 1.29 is 9.35 Å². The van der Waals surface area contributed by atoms with Crippen molar-refractivity contribution in [3.8, 4) is 11.1 Å². The van der Waals surface area contributed by atoms with Crippen LogP contribution in [-0.2, 0) is 11.4 Å². The standard InChI is InChI=1S/C23H26N4O2S/c1-27(2)23(28)19-8-3-6-17(14-19)18-7-4-11-22(15-18)30(29)26-21-10-5-9-20(16-21)25-13-12-24/h3-11,14-16,25-26H,12-13,24H2,1-2H3. The lowest BCUT2D eigenvalue weighted by Crippen LogP contribution is -2.21. The number of amides is 1. The molecule has 0 heterocycles. The Morgan fingerprint density at radius 1 is 0.967 bits per heavy atom. The molecule has 0 bridgehead atoms. The highest BCUT2D eigenvalue weighted by Crippen LogP contribution is 2.25. The zero-order chi connectivity index (χ0) is 21.5. The first-order valence-electron chi connectivity index (χ1n) is 9.62. The van der Waals surface area contributed by atoms with Gasteiger partial charge in [-0.2, -0.15) is 0 Å². The topological polar surface area (TPSA) is 93.5 Å². The summed E-state index contributed by atoms with van der Waals surface area (Å²) >= 11 is -1.43. The molecule has 0 aromatic heterocycles. The quantitative estimate of drug-likeness (QED) is 0.483. The molecule has 1 unspecified atom stereocenters. The Bertz CT molecular complexity index is 1010. The van der Waals surface area contributed by atoms with Crippen LogP contribution >= 0.6 is 0 Å². The molecule has 3 aromatic carbocycles. The Kier molecular flexibility index (Phi) is 7.35. The maximum atomic E-state index is 12.9. The second-order valence-corrected chi connectivity index (χ2v) is 8.19. The number of benzene rings is 3. The number of carbonyl (C=O) groups is 1. The van der Waals surface area contributed by atoms with Crippen LogP contribution in [0.2, 0.25) is 0 Å². The lowest BCUT2D eigenvalue weighted by molar-refractivity contribution is 0.0827. The zero-order valence-electron chi connectivity index (χ0n) is 17.1. The maximum Gasteiger partial charge on any atom is 0.253 e. The lowest BCUT2D eigenvalue weighted by Gasteiger charge is -2.14. The minimum absolute atomic E-state index is 0.0543. The van der Waals surface area contributed by atoms with E-state index < -0.39 is 11.4 Å². The zero-order valence-corrected chi connectivity index (χ0v) is 17.9. The van der Waals surface area contributed by atoms with Gasteiger partial charge in [-0.15, -0.1) is 0 Å². The van der Waals surface area contributed by atoms with Crippen LogP contribution in [0.3, 0.4) is 0 Å². The van der Waals surface area contributed by atoms with E-state index in [1.165, 1.54) is 0 Å². The normalized spacial score (nSPS) is 11.6. The molecule has 3 aromatic rings. The van der Waals surface area contributed by atoms with Crippen molar-refractivity contribution in [2.24, 2.45) is 5.73 Å². The minimum Gasteiger partial charge on any atom is -0.588 e. The van der Waals surface area contributed by atoms with E-state index in [0.717, 1.165) is 22.5 Å². The molecule has 0 radical (unpaired) electrons. The van der Waals surface area contributed by atoms with Gasteiger partial charge in [0.25, 0.3) is 5.91 Å². The summed E-state index contributed by atoms with van der Waals surface area (Å²) in [7, 11) is 3.45. The predicted octanol–water partition coefficient (Wildman–Crippen LogP) is 3.56. The van der Waals surface area contributed by atoms with E-state index in [1.807, 2.05) is 66.7 Å². The molecule has 0 aliphatic heterocycles. The number of hydrogen-bond acceptors (Lipinski definition) is 5. The van der Waals surface area contributed by atoms with E-state index in [1.54, 1.807) is 25.1 Å². The summed E-state index contributed by atoms with van der Waals surface area (Å²) in [5.74, 6) is -0.0543. The van der Waals surface area contributed by atoms with Gasteiger partial charge in [0, 0.05) is 44.5 Å². The SMILES string of the molecule is CN(C)C(=O)c1cccc(-c2cccc([S+]([O-])Nc3cccc(NCCN)c3)c2)c1. The van der Waals surface area contributed by atoms with Gasteiger partial charge in [0.2, 0.25) is 0 Å². The average Bonchev–Trinajstić information content (AvgIpc) is 2.77. The number of rotatable bonds is 8. The third kappa shape index (κ3) is 5.54. The molecule has 156 valence electrons. The van der Waals surface area contributed by atoms with Crippen LogP contribution in [0.5, 0.6) is 0 Å². The molecule has 0 saturated heterocycles. The molecule has 4 N–H and O–H groups in total. The van der Waals surface area contributed by atoms with Crippen molar-refractivity contribution in [2.75, 3.05) is 37.2 Å². The first-order chi connectivity index (χ1) is 14.5. The van der Waals surface area contributed by atoms with Gasteiger partial charge in [-0.1, -0.05) is 30.3 Å². The predicted molar refractivity (Wildman–Crippen MR) is 124 cm³/mol. The Hall–Kier alpha value is -3.00. The van der Waals surface area contributed by atoms with Crippen LogP contribution in [0.25, 0.3) is 11.1 Å². The molecule has 30 heavy (non-hydrogen) atoms. The fourth-order valence-corrected chi connectivity index (χ4v) is 3.85. The highest BCUT2D eigenvalue weighted by atomic mass is 32.2. The summed E-state index contributed by atoms with van der Waals surface area (Å²) in [6, 6.07) is 22.5. The van der Waals surface area contributed by atoms with Crippen molar-refractivity contribution >= 4 is 28.6 Å². The molecule has 7 heteroatoms. The van der Waals surface area contributed by atoms with E-state index in [0.29, 0.717) is 23.5 Å². The summed E-state index contributed by atoms with van der Waals surface area (Å²) in [6.45, 7) is 1.21. The molecule has 1 amide bonds. The summed E-state index contributed by atoms with van der Waals surface area (Å²) in [6.07, 6.45) is 0. The van der Waals surface area contributed by atoms with Crippen molar-refractivity contribution in [3.63, 3.8) is 0 Å². The average molecular weight is 423 g/mol. The lowest BCUT2D eigenvalue weighted by atomic mass is 10.0. The Morgan fingerprint density at radius 2 is 1.63 bits per heavy atom. The Labute approximate surface area is 180 Å². The van der Waals surface area contributed by atoms with Gasteiger partial charge in [0.15, 0.2) is 4.90 Å². The molecular formula is C23H26N4O2S. The van der Waals surface area contributed by atoms with Crippen LogP contribution in [0.4, 0.5) is 11.4 Å². The fourth-order valence-electron chi connectivity index (χ4n) is 2.96. The first-order valence-corrected chi connectivity index (χ1v) is 10.8. The van der Waals surface area contributed by atoms with E-state index in [9.17, 15) is 9.35 Å². The molecule has 6 nitrogen and oxygen atoms in total. The fraction of sp³-hybridized carbons (Fsp3) is 0.174. The highest BCUT2D eigenvalue weighted by molar-refractivity contribution is 7.92. The van der Waals surface area contributed by atoms with Crippen molar-refractivity contribution in [2.45, 2.75) is 4.90 Å². The third-order valence-corrected chi connectivity index (χ3v) is 5.55. The summed E-state index contributed by atoms with van der Waals surface area (Å²) < 4.78 is 15.9. The minimum atomic E-state index is -1.43. The Morgan fingerprint density at radius 3 is 2.37 bits per heavy atom. The van der Waals surface area contributed by atoms with Crippen LogP contribution in [-0.4, -0.2) is 42.5 Å². The van der Waals surface area contributed by atoms with Gasteiger partial charge >= 0.3 is 0 Å². The smallest absolute Gasteiger partial charge is 0.253 e. The number of carbonyl (C=O) groups excluding carboxylic acids is 1. The number of anilines is 2. The maximum absolute atomic E-state index is 12.9. The van der Waals surface area contributed by atoms with Gasteiger partial charge in [-0.25, -0.2) is 4.72 Å². The van der Waals surface area contributed by atoms with E-state index in [4.69, 9.17) is 5.73 Å². The van der Waals surface area contributed by atoms with E-state index in [2.05, 4.69) is 10.0 Å². The monoisotopic (exact) mass is 422 g/mol. The van der Waals surface area contributed by atoms with Crippen molar-refractivity contribution in [3.05, 3.63) is 78.4 Å². The summed E-state index contributed by atoms with van der Waals surface area (Å²) in [5.41, 5.74) is 9.60. The largest absolute Gasteiger partial charge is 0.588 e. The summed E-state index contributed by atoms with van der Waals surface area (Å²) in [4.78, 5) is 14.5. The van der Waals surface area contributed by atoms with E-state index in [-0.39, 0.29) is 5.91 Å². The molecule has 0 fully saturated rings. The number of nitrogens with zero attached hydrogens (tertiary/aromatic N) is 1. The van der Waals surface area contributed by atoms with Gasteiger partial charge in [0.1, 0.15) is 11.4 Å². The molecule has 1 atom stereocenters. The van der Waals surface area contributed by atoms with E-state index >= 15 is 0 Å². The molecule has 0 spiro atoms. The van der Waals surface area contributed by atoms with Gasteiger partial charge < -0.3 is 20.5 Å². The first kappa shape index (κ1) is 21.7. The number of hydrogen-bond donors (Lipinski definition) is 3. The molecule has 0 aliphatic rings. The van der Waals surface area contributed by atoms with Crippen molar-refractivity contribution in [1.82, 2.24) is 4.90 Å². The molecule has 3 rings (SSSR count). The molecule has 0 saturated carbocycles. The second-order valence-electron chi connectivity index (χ2n) is 6.98. The van der Waals surface area contributed by atoms with Crippen molar-refractivity contribution in [1.29, 1.82) is 0 Å².